The van der Waals surface area contributed by atoms with Gasteiger partial charge in [0.15, 0.2) is 0 Å². The lowest BCUT2D eigenvalue weighted by molar-refractivity contribution is 0.333. The number of aromatic nitrogens is 3. The fourth-order valence-electron chi connectivity index (χ4n) is 2.98. The first-order valence-corrected chi connectivity index (χ1v) is 6.49. The van der Waals surface area contributed by atoms with E-state index in [1.807, 2.05) is 0 Å². The fraction of sp³-hybridized carbons (Fsp3) is 0.846. The van der Waals surface area contributed by atoms with Gasteiger partial charge in [-0.2, -0.15) is 0 Å². The quantitative estimate of drug-likeness (QED) is 0.671. The van der Waals surface area contributed by atoms with E-state index in [1.54, 1.807) is 0 Å². The molecular formula is C13H21N3. The number of aryl methyl sites for hydroxylation is 1. The van der Waals surface area contributed by atoms with Gasteiger partial charge in [-0.3, -0.25) is 0 Å². The second-order valence-electron chi connectivity index (χ2n) is 6.40. The molecular weight excluding hydrogens is 198 g/mol. The van der Waals surface area contributed by atoms with Crippen molar-refractivity contribution < 1.29 is 0 Å². The monoisotopic (exact) mass is 219 g/mol. The van der Waals surface area contributed by atoms with Crippen LogP contribution in [-0.4, -0.2) is 15.0 Å². The SMILES string of the molecule is CC(C)(C)n1nnc2c1CCC1CC1CC2. The molecule has 1 fully saturated rings. The zero-order chi connectivity index (χ0) is 11.3. The van der Waals surface area contributed by atoms with E-state index in [4.69, 9.17) is 0 Å². The Morgan fingerprint density at radius 1 is 1.12 bits per heavy atom. The second-order valence-corrected chi connectivity index (χ2v) is 6.40. The highest BCUT2D eigenvalue weighted by molar-refractivity contribution is 5.15. The summed E-state index contributed by atoms with van der Waals surface area (Å²) in [6.07, 6.45) is 6.47. The van der Waals surface area contributed by atoms with Gasteiger partial charge in [0, 0.05) is 0 Å². The molecule has 0 amide bonds. The summed E-state index contributed by atoms with van der Waals surface area (Å²) in [4.78, 5) is 0. The van der Waals surface area contributed by atoms with Crippen LogP contribution in [0.3, 0.4) is 0 Å². The highest BCUT2D eigenvalue weighted by Gasteiger charge is 2.38. The summed E-state index contributed by atoms with van der Waals surface area (Å²) in [5.41, 5.74) is 2.74. The van der Waals surface area contributed by atoms with E-state index in [0.717, 1.165) is 18.3 Å². The van der Waals surface area contributed by atoms with Crippen LogP contribution in [0.5, 0.6) is 0 Å². The molecule has 0 aliphatic heterocycles. The van der Waals surface area contributed by atoms with E-state index in [9.17, 15) is 0 Å². The summed E-state index contributed by atoms with van der Waals surface area (Å²) in [6.45, 7) is 6.63. The molecule has 0 bridgehead atoms. The molecule has 2 aliphatic rings. The Balaban J connectivity index is 1.93. The van der Waals surface area contributed by atoms with Gasteiger partial charge in [0.25, 0.3) is 0 Å². The van der Waals surface area contributed by atoms with Crippen molar-refractivity contribution in [2.45, 2.75) is 58.4 Å². The van der Waals surface area contributed by atoms with Crippen molar-refractivity contribution in [3.05, 3.63) is 11.4 Å². The van der Waals surface area contributed by atoms with Crippen molar-refractivity contribution in [2.75, 3.05) is 0 Å². The topological polar surface area (TPSA) is 30.7 Å². The van der Waals surface area contributed by atoms with Crippen molar-refractivity contribution in [3.63, 3.8) is 0 Å². The highest BCUT2D eigenvalue weighted by Crippen LogP contribution is 2.46. The van der Waals surface area contributed by atoms with Gasteiger partial charge in [-0.1, -0.05) is 5.21 Å². The molecule has 0 aromatic carbocycles. The minimum absolute atomic E-state index is 0.0722. The standard InChI is InChI=1S/C13H21N3/c1-13(2,3)16-12-7-5-10-8-9(10)4-6-11(12)14-15-16/h9-10H,4-8H2,1-3H3. The van der Waals surface area contributed by atoms with Crippen molar-refractivity contribution in [3.8, 4) is 0 Å². The molecule has 88 valence electrons. The van der Waals surface area contributed by atoms with E-state index in [0.29, 0.717) is 0 Å². The van der Waals surface area contributed by atoms with Gasteiger partial charge < -0.3 is 0 Å². The summed E-state index contributed by atoms with van der Waals surface area (Å²) in [6, 6.07) is 0. The zero-order valence-corrected chi connectivity index (χ0v) is 10.5. The summed E-state index contributed by atoms with van der Waals surface area (Å²) in [7, 11) is 0. The molecule has 2 unspecified atom stereocenters. The predicted octanol–water partition coefficient (Wildman–Crippen LogP) is 2.55. The Hall–Kier alpha value is -0.860. The Morgan fingerprint density at radius 3 is 2.50 bits per heavy atom. The lowest BCUT2D eigenvalue weighted by atomic mass is 10.00. The third kappa shape index (κ3) is 1.66. The van der Waals surface area contributed by atoms with Gasteiger partial charge in [0.1, 0.15) is 0 Å². The van der Waals surface area contributed by atoms with E-state index in [2.05, 4.69) is 35.8 Å². The maximum absolute atomic E-state index is 4.39. The number of hydrogen-bond acceptors (Lipinski definition) is 2. The molecule has 2 atom stereocenters. The van der Waals surface area contributed by atoms with Crippen LogP contribution in [0.4, 0.5) is 0 Å². The van der Waals surface area contributed by atoms with Crippen LogP contribution in [0, 0.1) is 11.8 Å². The van der Waals surface area contributed by atoms with Crippen molar-refractivity contribution >= 4 is 0 Å². The van der Waals surface area contributed by atoms with E-state index >= 15 is 0 Å². The Morgan fingerprint density at radius 2 is 1.81 bits per heavy atom. The summed E-state index contributed by atoms with van der Waals surface area (Å²) < 4.78 is 2.14. The van der Waals surface area contributed by atoms with Crippen molar-refractivity contribution in [2.24, 2.45) is 11.8 Å². The van der Waals surface area contributed by atoms with Crippen LogP contribution >= 0.6 is 0 Å². The predicted molar refractivity (Wildman–Crippen MR) is 63.3 cm³/mol. The van der Waals surface area contributed by atoms with Crippen molar-refractivity contribution in [1.29, 1.82) is 0 Å². The molecule has 3 rings (SSSR count). The number of nitrogens with zero attached hydrogens (tertiary/aromatic N) is 3. The van der Waals surface area contributed by atoms with Crippen LogP contribution in [0.2, 0.25) is 0 Å². The Labute approximate surface area is 97.2 Å². The molecule has 0 N–H and O–H groups in total. The highest BCUT2D eigenvalue weighted by atomic mass is 15.5. The van der Waals surface area contributed by atoms with Crippen LogP contribution in [0.1, 0.15) is 51.4 Å². The molecule has 0 saturated heterocycles. The van der Waals surface area contributed by atoms with E-state index in [1.165, 1.54) is 37.1 Å². The fourth-order valence-corrected chi connectivity index (χ4v) is 2.98. The minimum Gasteiger partial charge on any atom is -0.244 e. The van der Waals surface area contributed by atoms with E-state index < -0.39 is 0 Å². The molecule has 1 heterocycles. The molecule has 1 aromatic rings. The summed E-state index contributed by atoms with van der Waals surface area (Å²) in [5, 5.41) is 8.75. The summed E-state index contributed by atoms with van der Waals surface area (Å²) >= 11 is 0. The van der Waals surface area contributed by atoms with Gasteiger partial charge in [0.05, 0.1) is 16.9 Å². The second kappa shape index (κ2) is 3.31. The number of hydrogen-bond donors (Lipinski definition) is 0. The largest absolute Gasteiger partial charge is 0.244 e. The maximum atomic E-state index is 4.39. The third-order valence-corrected chi connectivity index (χ3v) is 4.05. The molecule has 1 aromatic heterocycles. The molecule has 3 heteroatoms. The molecule has 2 aliphatic carbocycles. The van der Waals surface area contributed by atoms with Gasteiger partial charge in [-0.05, 0) is 64.7 Å². The average molecular weight is 219 g/mol. The lowest BCUT2D eigenvalue weighted by Crippen LogP contribution is -2.26. The first-order chi connectivity index (χ1) is 7.55. The Kier molecular flexibility index (Phi) is 2.13. The number of fused-ring (bicyclic) bond motifs is 2. The van der Waals surface area contributed by atoms with Crippen LogP contribution in [-0.2, 0) is 18.4 Å². The minimum atomic E-state index is 0.0722. The molecule has 1 saturated carbocycles. The van der Waals surface area contributed by atoms with Crippen LogP contribution in [0.25, 0.3) is 0 Å². The molecule has 0 radical (unpaired) electrons. The molecule has 0 spiro atoms. The zero-order valence-electron chi connectivity index (χ0n) is 10.5. The van der Waals surface area contributed by atoms with Gasteiger partial charge in [-0.25, -0.2) is 4.68 Å². The van der Waals surface area contributed by atoms with Crippen LogP contribution in [0.15, 0.2) is 0 Å². The average Bonchev–Trinajstić information content (AvgIpc) is 2.76. The normalized spacial score (nSPS) is 28.9. The van der Waals surface area contributed by atoms with Crippen LogP contribution < -0.4 is 0 Å². The first kappa shape index (κ1) is 10.3. The Bertz CT molecular complexity index is 400. The number of rotatable bonds is 0. The smallest absolute Gasteiger partial charge is 0.0859 e. The summed E-state index contributed by atoms with van der Waals surface area (Å²) in [5.74, 6) is 2.02. The van der Waals surface area contributed by atoms with Gasteiger partial charge >= 0.3 is 0 Å². The van der Waals surface area contributed by atoms with Crippen molar-refractivity contribution in [1.82, 2.24) is 15.0 Å². The first-order valence-electron chi connectivity index (χ1n) is 6.49. The van der Waals surface area contributed by atoms with E-state index in [-0.39, 0.29) is 5.54 Å². The maximum Gasteiger partial charge on any atom is 0.0859 e. The van der Waals surface area contributed by atoms with Gasteiger partial charge in [0.2, 0.25) is 0 Å². The molecule has 3 nitrogen and oxygen atoms in total. The molecule has 16 heavy (non-hydrogen) atoms. The third-order valence-electron chi connectivity index (χ3n) is 4.05. The lowest BCUT2D eigenvalue weighted by Gasteiger charge is -2.22. The van der Waals surface area contributed by atoms with Gasteiger partial charge in [-0.15, -0.1) is 5.10 Å².